The number of hydrogen-bond acceptors (Lipinski definition) is 5. The Balaban J connectivity index is 1.27. The lowest BCUT2D eigenvalue weighted by Gasteiger charge is -2.26. The van der Waals surface area contributed by atoms with Crippen molar-refractivity contribution in [3.05, 3.63) is 64.7 Å². The van der Waals surface area contributed by atoms with E-state index in [1.54, 1.807) is 0 Å². The molecule has 2 aromatic carbocycles. The Morgan fingerprint density at radius 3 is 2.76 bits per heavy atom. The van der Waals surface area contributed by atoms with Gasteiger partial charge < -0.3 is 10.6 Å². The van der Waals surface area contributed by atoms with Crippen LogP contribution in [0, 0.1) is 6.92 Å². The minimum Gasteiger partial charge on any atom is -0.324 e. The Morgan fingerprint density at radius 2 is 1.94 bits per heavy atom. The van der Waals surface area contributed by atoms with E-state index < -0.39 is 11.6 Å². The molecule has 0 saturated carbocycles. The minimum atomic E-state index is -1.05. The second-order valence-electron chi connectivity index (χ2n) is 8.97. The highest BCUT2D eigenvalue weighted by atomic mass is 32.2. The molecule has 2 aliphatic heterocycles. The highest BCUT2D eigenvalue weighted by Gasteiger charge is 2.55. The monoisotopic (exact) mass is 464 g/mol. The molecule has 2 fully saturated rings. The van der Waals surface area contributed by atoms with Crippen LogP contribution in [0.1, 0.15) is 28.7 Å². The van der Waals surface area contributed by atoms with Gasteiger partial charge in [-0.05, 0) is 48.1 Å². The molecule has 1 spiro atoms. The molecule has 1 atom stereocenters. The summed E-state index contributed by atoms with van der Waals surface area (Å²) in [6.45, 7) is 4.62. The molecule has 2 heterocycles. The number of benzene rings is 2. The van der Waals surface area contributed by atoms with Gasteiger partial charge in [-0.2, -0.15) is 11.8 Å². The van der Waals surface area contributed by atoms with Crippen LogP contribution < -0.4 is 10.6 Å². The third kappa shape index (κ3) is 4.13. The number of thioether (sulfide) groups is 1. The van der Waals surface area contributed by atoms with Crippen molar-refractivity contribution in [1.29, 1.82) is 0 Å². The third-order valence-electron chi connectivity index (χ3n) is 6.81. The predicted octanol–water partition coefficient (Wildman–Crippen LogP) is 2.88. The van der Waals surface area contributed by atoms with Crippen LogP contribution in [0.15, 0.2) is 42.5 Å². The normalized spacial score (nSPS) is 22.5. The van der Waals surface area contributed by atoms with Crippen molar-refractivity contribution < 1.29 is 14.4 Å². The molecule has 8 heteroatoms. The van der Waals surface area contributed by atoms with Gasteiger partial charge in [0.05, 0.1) is 0 Å². The fourth-order valence-corrected chi connectivity index (χ4v) is 5.96. The maximum atomic E-state index is 13.3. The van der Waals surface area contributed by atoms with Gasteiger partial charge in [-0.15, -0.1) is 0 Å². The zero-order valence-electron chi connectivity index (χ0n) is 18.7. The number of urea groups is 1. The number of aryl methyl sites for hydroxylation is 2. The van der Waals surface area contributed by atoms with Gasteiger partial charge in [0, 0.05) is 36.8 Å². The number of nitrogens with one attached hydrogen (secondary N) is 2. The molecular weight excluding hydrogens is 436 g/mol. The van der Waals surface area contributed by atoms with Crippen LogP contribution in [0.4, 0.5) is 10.5 Å². The fourth-order valence-electron chi connectivity index (χ4n) is 4.99. The van der Waals surface area contributed by atoms with Gasteiger partial charge in [0.15, 0.2) is 0 Å². The minimum absolute atomic E-state index is 0.304. The summed E-state index contributed by atoms with van der Waals surface area (Å²) in [6, 6.07) is 13.3. The summed E-state index contributed by atoms with van der Waals surface area (Å²) in [5, 5.41) is 5.79. The van der Waals surface area contributed by atoms with Gasteiger partial charge in [-0.25, -0.2) is 4.79 Å². The van der Waals surface area contributed by atoms with E-state index in [1.165, 1.54) is 0 Å². The van der Waals surface area contributed by atoms with E-state index in [2.05, 4.69) is 21.6 Å². The number of hydrogen-bond donors (Lipinski definition) is 2. The smallest absolute Gasteiger partial charge is 0.324 e. The van der Waals surface area contributed by atoms with Crippen molar-refractivity contribution in [2.45, 2.75) is 31.8 Å². The van der Waals surface area contributed by atoms with E-state index in [-0.39, 0.29) is 18.4 Å². The van der Waals surface area contributed by atoms with Crippen LogP contribution in [-0.4, -0.2) is 58.8 Å². The van der Waals surface area contributed by atoms with Crippen LogP contribution in [0.2, 0.25) is 0 Å². The van der Waals surface area contributed by atoms with Gasteiger partial charge in [0.1, 0.15) is 12.1 Å². The number of carbonyl (C=O) groups is 3. The highest BCUT2D eigenvalue weighted by Crippen LogP contribution is 2.41. The first-order valence-electron chi connectivity index (χ1n) is 11.4. The van der Waals surface area contributed by atoms with E-state index >= 15 is 0 Å². The van der Waals surface area contributed by atoms with E-state index in [4.69, 9.17) is 0 Å². The Kier molecular flexibility index (Phi) is 5.88. The van der Waals surface area contributed by atoms with Gasteiger partial charge in [-0.3, -0.25) is 19.4 Å². The Labute approximate surface area is 197 Å². The number of fused-ring (bicyclic) bond motifs is 2. The van der Waals surface area contributed by atoms with E-state index in [0.29, 0.717) is 6.42 Å². The number of carbonyl (C=O) groups excluding carboxylic acids is 3. The largest absolute Gasteiger partial charge is 0.325 e. The van der Waals surface area contributed by atoms with E-state index in [1.807, 2.05) is 55.1 Å². The number of amides is 4. The first-order valence-corrected chi connectivity index (χ1v) is 12.5. The zero-order chi connectivity index (χ0) is 23.0. The number of nitrogens with zero attached hydrogens (tertiary/aromatic N) is 2. The third-order valence-corrected chi connectivity index (χ3v) is 7.75. The molecule has 5 rings (SSSR count). The molecule has 2 N–H and O–H groups in total. The average molecular weight is 465 g/mol. The summed E-state index contributed by atoms with van der Waals surface area (Å²) in [5.74, 6) is 1.57. The van der Waals surface area contributed by atoms with Gasteiger partial charge >= 0.3 is 6.03 Å². The second-order valence-corrected chi connectivity index (χ2v) is 10.2. The predicted molar refractivity (Wildman–Crippen MR) is 129 cm³/mol. The lowest BCUT2D eigenvalue weighted by Crippen LogP contribution is -2.43. The number of anilines is 1. The van der Waals surface area contributed by atoms with Crippen LogP contribution in [0.25, 0.3) is 0 Å². The first kappa shape index (κ1) is 22.0. The maximum Gasteiger partial charge on any atom is 0.325 e. The maximum absolute atomic E-state index is 13.3. The summed E-state index contributed by atoms with van der Waals surface area (Å²) in [6.07, 6.45) is 1.25. The summed E-state index contributed by atoms with van der Waals surface area (Å²) in [4.78, 5) is 42.3. The Bertz CT molecular complexity index is 1110. The van der Waals surface area contributed by atoms with Crippen molar-refractivity contribution in [1.82, 2.24) is 15.1 Å². The summed E-state index contributed by atoms with van der Waals surface area (Å²) < 4.78 is 0. The second kappa shape index (κ2) is 8.83. The van der Waals surface area contributed by atoms with Gasteiger partial charge in [0.25, 0.3) is 5.91 Å². The molecule has 172 valence electrons. The molecule has 3 aliphatic rings. The van der Waals surface area contributed by atoms with Gasteiger partial charge in [-0.1, -0.05) is 36.4 Å². The molecule has 7 nitrogen and oxygen atoms in total. The fraction of sp³-hybridized carbons (Fsp3) is 0.400. The standard InChI is InChI=1S/C25H28N4O3S/c1-17-6-7-18(15-28-10-12-33-13-11-28)14-21(17)26-22(30)16-29-23(31)25(27-24(29)32)9-8-19-4-2-3-5-20(19)25/h2-7,14H,8-13,15-16H2,1H3,(H,26,30)(H,27,32). The SMILES string of the molecule is Cc1ccc(CN2CCSCC2)cc1NC(=O)CN1C(=O)NC2(CCc3ccccc32)C1=O. The molecule has 4 amide bonds. The van der Waals surface area contributed by atoms with E-state index in [9.17, 15) is 14.4 Å². The van der Waals surface area contributed by atoms with Crippen LogP contribution in [0.3, 0.4) is 0 Å². The average Bonchev–Trinajstić information content (AvgIpc) is 3.30. The lowest BCUT2D eigenvalue weighted by molar-refractivity contribution is -0.134. The lowest BCUT2D eigenvalue weighted by atomic mass is 9.92. The molecular formula is C25H28N4O3S. The molecule has 2 aromatic rings. The van der Waals surface area contributed by atoms with Crippen molar-refractivity contribution in [3.63, 3.8) is 0 Å². The summed E-state index contributed by atoms with van der Waals surface area (Å²) in [5.41, 5.74) is 3.66. The van der Waals surface area contributed by atoms with Crippen molar-refractivity contribution in [2.75, 3.05) is 36.5 Å². The van der Waals surface area contributed by atoms with Crippen molar-refractivity contribution in [3.8, 4) is 0 Å². The molecule has 1 aliphatic carbocycles. The van der Waals surface area contributed by atoms with Crippen LogP contribution >= 0.6 is 11.8 Å². The quantitative estimate of drug-likeness (QED) is 0.665. The summed E-state index contributed by atoms with van der Waals surface area (Å²) >= 11 is 1.98. The molecule has 0 aromatic heterocycles. The first-order chi connectivity index (χ1) is 16.0. The molecule has 33 heavy (non-hydrogen) atoms. The molecule has 2 saturated heterocycles. The topological polar surface area (TPSA) is 81.8 Å². The number of rotatable bonds is 5. The van der Waals surface area contributed by atoms with Crippen LogP contribution in [0.5, 0.6) is 0 Å². The van der Waals surface area contributed by atoms with Crippen LogP contribution in [-0.2, 0) is 28.1 Å². The van der Waals surface area contributed by atoms with Gasteiger partial charge in [0.2, 0.25) is 5.91 Å². The Morgan fingerprint density at radius 1 is 1.15 bits per heavy atom. The number of imide groups is 1. The molecule has 0 bridgehead atoms. The summed E-state index contributed by atoms with van der Waals surface area (Å²) in [7, 11) is 0. The highest BCUT2D eigenvalue weighted by molar-refractivity contribution is 7.99. The zero-order valence-corrected chi connectivity index (χ0v) is 19.5. The Hall–Kier alpha value is -2.84. The molecule has 0 radical (unpaired) electrons. The molecule has 1 unspecified atom stereocenters. The van der Waals surface area contributed by atoms with Crippen molar-refractivity contribution >= 4 is 35.3 Å². The van der Waals surface area contributed by atoms with Crippen molar-refractivity contribution in [2.24, 2.45) is 0 Å². The van der Waals surface area contributed by atoms with E-state index in [0.717, 1.165) is 70.4 Å².